The predicted molar refractivity (Wildman–Crippen MR) is 124 cm³/mol. The van der Waals surface area contributed by atoms with Crippen LogP contribution in [0.5, 0.6) is 0 Å². The lowest BCUT2D eigenvalue weighted by Crippen LogP contribution is -2.39. The number of thiazole rings is 1. The molecule has 3 aromatic rings. The number of fused-ring (bicyclic) bond motifs is 2. The zero-order valence-corrected chi connectivity index (χ0v) is 18.4. The molecule has 0 unspecified atom stereocenters. The number of aliphatic hydroxyl groups excluding tert-OH is 1. The van der Waals surface area contributed by atoms with Crippen molar-refractivity contribution >= 4 is 62.1 Å². The van der Waals surface area contributed by atoms with Crippen molar-refractivity contribution in [2.75, 3.05) is 24.7 Å². The van der Waals surface area contributed by atoms with Crippen LogP contribution in [0.3, 0.4) is 0 Å². The largest absolute Gasteiger partial charge is 0.850 e. The second-order valence-electron chi connectivity index (χ2n) is 6.78. The van der Waals surface area contributed by atoms with Gasteiger partial charge in [-0.2, -0.15) is 4.57 Å². The third-order valence-electron chi connectivity index (χ3n) is 4.88. The highest BCUT2D eigenvalue weighted by atomic mass is 35.5. The number of halogens is 2. The Kier molecular flexibility index (Phi) is 6.56. The average Bonchev–Trinajstić information content (AvgIpc) is 3.06. The molecule has 0 spiro atoms. The first kappa shape index (κ1) is 21.1. The minimum atomic E-state index is -0.192. The SMILES string of the molecule is [O-]CC[n+]1c(/C=C/C=C2\C=CN(CCO)c3cc(Cl)ccc32)sc2ccc(Cl)cc21. The molecule has 0 fully saturated rings. The highest BCUT2D eigenvalue weighted by Gasteiger charge is 2.18. The molecule has 2 aromatic carbocycles. The number of hydrogen-bond donors (Lipinski definition) is 1. The van der Waals surface area contributed by atoms with Crippen molar-refractivity contribution in [2.24, 2.45) is 0 Å². The van der Waals surface area contributed by atoms with E-state index >= 15 is 0 Å². The molecular weight excluding hydrogens is 439 g/mol. The van der Waals surface area contributed by atoms with Gasteiger partial charge in [0.05, 0.1) is 12.3 Å². The molecule has 7 heteroatoms. The van der Waals surface area contributed by atoms with E-state index in [0.29, 0.717) is 23.1 Å². The molecule has 0 amide bonds. The van der Waals surface area contributed by atoms with Gasteiger partial charge in [-0.25, -0.2) is 0 Å². The van der Waals surface area contributed by atoms with E-state index in [0.717, 1.165) is 32.0 Å². The summed E-state index contributed by atoms with van der Waals surface area (Å²) in [6.45, 7) is 0.772. The first-order valence-corrected chi connectivity index (χ1v) is 11.1. The lowest BCUT2D eigenvalue weighted by molar-refractivity contribution is -0.685. The molecule has 1 aromatic heterocycles. The van der Waals surface area contributed by atoms with Crippen LogP contribution >= 0.6 is 34.5 Å². The van der Waals surface area contributed by atoms with Gasteiger partial charge in [0, 0.05) is 40.5 Å². The minimum Gasteiger partial charge on any atom is -0.850 e. The molecule has 4 rings (SSSR count). The number of nitrogens with zero attached hydrogens (tertiary/aromatic N) is 2. The van der Waals surface area contributed by atoms with E-state index in [4.69, 9.17) is 23.2 Å². The van der Waals surface area contributed by atoms with Crippen molar-refractivity contribution in [3.05, 3.63) is 81.4 Å². The van der Waals surface area contributed by atoms with E-state index in [2.05, 4.69) is 0 Å². The van der Waals surface area contributed by atoms with Crippen molar-refractivity contribution in [1.82, 2.24) is 0 Å². The van der Waals surface area contributed by atoms with Gasteiger partial charge in [-0.3, -0.25) is 0 Å². The van der Waals surface area contributed by atoms with Gasteiger partial charge in [-0.1, -0.05) is 59.4 Å². The van der Waals surface area contributed by atoms with E-state index in [-0.39, 0.29) is 13.2 Å². The third kappa shape index (κ3) is 4.31. The second kappa shape index (κ2) is 9.33. The van der Waals surface area contributed by atoms with Gasteiger partial charge in [-0.15, -0.1) is 0 Å². The predicted octanol–water partition coefficient (Wildman–Crippen LogP) is 4.28. The molecule has 4 nitrogen and oxygen atoms in total. The van der Waals surface area contributed by atoms with Crippen molar-refractivity contribution in [3.8, 4) is 0 Å². The smallest absolute Gasteiger partial charge is 0.262 e. The quantitative estimate of drug-likeness (QED) is 0.560. The van der Waals surface area contributed by atoms with E-state index in [1.807, 2.05) is 76.4 Å². The number of hydrogen-bond acceptors (Lipinski definition) is 4. The average molecular weight is 459 g/mol. The molecule has 30 heavy (non-hydrogen) atoms. The Labute approximate surface area is 189 Å². The Morgan fingerprint density at radius 3 is 2.73 bits per heavy atom. The molecular formula is C23H20Cl2N2O2S. The third-order valence-corrected chi connectivity index (χ3v) is 6.48. The fourth-order valence-corrected chi connectivity index (χ4v) is 4.94. The summed E-state index contributed by atoms with van der Waals surface area (Å²) in [6.07, 6.45) is 10.0. The molecule has 154 valence electrons. The molecule has 0 saturated heterocycles. The zero-order valence-electron chi connectivity index (χ0n) is 16.1. The fourth-order valence-electron chi connectivity index (χ4n) is 3.53. The van der Waals surface area contributed by atoms with Crippen molar-refractivity contribution in [3.63, 3.8) is 0 Å². The molecule has 0 aliphatic carbocycles. The van der Waals surface area contributed by atoms with E-state index in [1.54, 1.807) is 11.3 Å². The summed E-state index contributed by atoms with van der Waals surface area (Å²) in [6, 6.07) is 11.5. The maximum atomic E-state index is 11.3. The lowest BCUT2D eigenvalue weighted by atomic mass is 9.99. The lowest BCUT2D eigenvalue weighted by Gasteiger charge is -2.27. The van der Waals surface area contributed by atoms with Crippen LogP contribution in [0.15, 0.2) is 60.8 Å². The van der Waals surface area contributed by atoms with Crippen LogP contribution in [0, 0.1) is 0 Å². The van der Waals surface area contributed by atoms with Crippen LogP contribution in [-0.2, 0) is 6.54 Å². The molecule has 0 bridgehead atoms. The molecule has 1 aliphatic rings. The highest BCUT2D eigenvalue weighted by Crippen LogP contribution is 2.35. The van der Waals surface area contributed by atoms with Gasteiger partial charge in [0.15, 0.2) is 0 Å². The molecule has 0 saturated carbocycles. The normalized spacial score (nSPS) is 14.9. The number of aromatic nitrogens is 1. The maximum absolute atomic E-state index is 11.3. The molecule has 0 radical (unpaired) electrons. The van der Waals surface area contributed by atoms with E-state index < -0.39 is 0 Å². The van der Waals surface area contributed by atoms with Gasteiger partial charge in [0.1, 0.15) is 11.2 Å². The van der Waals surface area contributed by atoms with Gasteiger partial charge < -0.3 is 15.1 Å². The number of β-amino-alcohol motifs (C(OH)–C–C–N with tert-alkyl or cyclic N) is 1. The summed E-state index contributed by atoms with van der Waals surface area (Å²) in [4.78, 5) is 1.99. The van der Waals surface area contributed by atoms with Gasteiger partial charge in [-0.05, 0) is 35.9 Å². The first-order chi connectivity index (χ1) is 14.6. The summed E-state index contributed by atoms with van der Waals surface area (Å²) in [5.74, 6) is 0. The summed E-state index contributed by atoms with van der Waals surface area (Å²) in [7, 11) is 0. The molecule has 2 heterocycles. The van der Waals surface area contributed by atoms with Crippen LogP contribution in [0.1, 0.15) is 10.6 Å². The van der Waals surface area contributed by atoms with Crippen LogP contribution in [-0.4, -0.2) is 24.9 Å². The Hall–Kier alpha value is -2.15. The second-order valence-corrected chi connectivity index (χ2v) is 8.72. The summed E-state index contributed by atoms with van der Waals surface area (Å²) in [5.41, 5.74) is 4.05. The zero-order chi connectivity index (χ0) is 21.1. The van der Waals surface area contributed by atoms with E-state index in [1.165, 1.54) is 0 Å². The fraction of sp³-hybridized carbons (Fsp3) is 0.174. The number of allylic oxidation sites excluding steroid dienone is 4. The monoisotopic (exact) mass is 458 g/mol. The Morgan fingerprint density at radius 2 is 1.93 bits per heavy atom. The maximum Gasteiger partial charge on any atom is 0.262 e. The topological polar surface area (TPSA) is 50.4 Å². The minimum absolute atomic E-state index is 0.0604. The van der Waals surface area contributed by atoms with E-state index in [9.17, 15) is 10.2 Å². The van der Waals surface area contributed by atoms with Crippen LogP contribution in [0.4, 0.5) is 5.69 Å². The molecule has 1 aliphatic heterocycles. The van der Waals surface area contributed by atoms with Crippen molar-refractivity contribution < 1.29 is 14.8 Å². The van der Waals surface area contributed by atoms with Crippen LogP contribution < -0.4 is 14.6 Å². The molecule has 1 N–H and O–H groups in total. The summed E-state index contributed by atoms with van der Waals surface area (Å²) >= 11 is 14.0. The van der Waals surface area contributed by atoms with Gasteiger partial charge in [0.2, 0.25) is 5.52 Å². The summed E-state index contributed by atoms with van der Waals surface area (Å²) in [5, 5.41) is 23.0. The van der Waals surface area contributed by atoms with Gasteiger partial charge >= 0.3 is 0 Å². The number of benzene rings is 2. The Bertz CT molecular complexity index is 1170. The molecule has 0 atom stereocenters. The van der Waals surface area contributed by atoms with Crippen molar-refractivity contribution in [1.29, 1.82) is 0 Å². The van der Waals surface area contributed by atoms with Crippen LogP contribution in [0.25, 0.3) is 21.9 Å². The number of anilines is 1. The number of rotatable bonds is 6. The highest BCUT2D eigenvalue weighted by molar-refractivity contribution is 7.18. The standard InChI is InChI=1S/C23H20Cl2N2O2S/c24-17-4-6-19-16(8-9-26(10-12-28)20(19)14-17)2-1-3-23-27(11-13-29)21-15-18(25)5-7-22(21)30-23/h1-9,14-15,28H,10-13H2. The number of aliphatic hydroxyl groups is 1. The Morgan fingerprint density at radius 1 is 1.13 bits per heavy atom. The van der Waals surface area contributed by atoms with Crippen molar-refractivity contribution in [2.45, 2.75) is 6.54 Å². The summed E-state index contributed by atoms with van der Waals surface area (Å²) < 4.78 is 3.11. The van der Waals surface area contributed by atoms with Crippen LogP contribution in [0.2, 0.25) is 10.0 Å². The van der Waals surface area contributed by atoms with Gasteiger partial charge in [0.25, 0.3) is 5.01 Å². The Balaban J connectivity index is 1.69. The first-order valence-electron chi connectivity index (χ1n) is 9.54.